The molecule has 0 amide bonds. The summed E-state index contributed by atoms with van der Waals surface area (Å²) in [6, 6.07) is 6.14. The highest BCUT2D eigenvalue weighted by molar-refractivity contribution is 9.10. The summed E-state index contributed by atoms with van der Waals surface area (Å²) >= 11 is 3.53. The van der Waals surface area contributed by atoms with Crippen molar-refractivity contribution in [1.82, 2.24) is 9.78 Å². The lowest BCUT2D eigenvalue weighted by atomic mass is 10.2. The van der Waals surface area contributed by atoms with Gasteiger partial charge in [0.15, 0.2) is 0 Å². The summed E-state index contributed by atoms with van der Waals surface area (Å²) in [4.78, 5) is 0. The summed E-state index contributed by atoms with van der Waals surface area (Å²) in [5, 5.41) is 4.54. The Morgan fingerprint density at radius 3 is 2.47 bits per heavy atom. The molecule has 0 aliphatic rings. The Balaban J connectivity index is 2.53. The van der Waals surface area contributed by atoms with Crippen molar-refractivity contribution >= 4 is 15.9 Å². The van der Waals surface area contributed by atoms with Crippen LogP contribution in [-0.4, -0.2) is 9.78 Å². The highest BCUT2D eigenvalue weighted by atomic mass is 79.9. The smallest absolute Gasteiger partial charge is 0.0660 e. The number of aromatic nitrogens is 2. The summed E-state index contributed by atoms with van der Waals surface area (Å²) < 4.78 is 3.00. The van der Waals surface area contributed by atoms with Crippen LogP contribution in [0.4, 0.5) is 0 Å². The third-order valence-corrected chi connectivity index (χ3v) is 3.89. The predicted molar refractivity (Wildman–Crippen MR) is 73.4 cm³/mol. The molecule has 0 saturated heterocycles. The molecule has 4 heteroatoms. The third kappa shape index (κ3) is 2.15. The molecule has 2 aromatic rings. The van der Waals surface area contributed by atoms with Gasteiger partial charge in [-0.25, -0.2) is 4.68 Å². The zero-order chi connectivity index (χ0) is 12.6. The number of aryl methyl sites for hydroxylation is 1. The second-order valence-electron chi connectivity index (χ2n) is 4.19. The molecule has 1 heterocycles. The van der Waals surface area contributed by atoms with Crippen molar-refractivity contribution in [3.8, 4) is 5.69 Å². The maximum absolute atomic E-state index is 5.65. The number of nitrogens with zero attached hydrogens (tertiary/aromatic N) is 2. The van der Waals surface area contributed by atoms with E-state index in [9.17, 15) is 0 Å². The minimum absolute atomic E-state index is 0.539. The van der Waals surface area contributed by atoms with Crippen LogP contribution < -0.4 is 5.73 Å². The van der Waals surface area contributed by atoms with Gasteiger partial charge in [-0.3, -0.25) is 0 Å². The zero-order valence-electron chi connectivity index (χ0n) is 10.3. The normalized spacial score (nSPS) is 10.9. The number of benzene rings is 1. The Morgan fingerprint density at radius 2 is 2.00 bits per heavy atom. The van der Waals surface area contributed by atoms with Gasteiger partial charge in [-0.2, -0.15) is 5.10 Å². The Kier molecular flexibility index (Phi) is 3.35. The Morgan fingerprint density at radius 1 is 1.29 bits per heavy atom. The minimum Gasteiger partial charge on any atom is -0.326 e. The monoisotopic (exact) mass is 293 g/mol. The lowest BCUT2D eigenvalue weighted by Gasteiger charge is -2.07. The van der Waals surface area contributed by atoms with E-state index in [1.165, 1.54) is 11.3 Å². The van der Waals surface area contributed by atoms with Crippen molar-refractivity contribution in [1.29, 1.82) is 0 Å². The zero-order valence-corrected chi connectivity index (χ0v) is 11.9. The molecule has 2 N–H and O–H groups in total. The molecule has 3 nitrogen and oxygen atoms in total. The molecule has 1 aromatic heterocycles. The van der Waals surface area contributed by atoms with Crippen LogP contribution in [0, 0.1) is 20.8 Å². The first-order valence-electron chi connectivity index (χ1n) is 5.56. The quantitative estimate of drug-likeness (QED) is 0.925. The molecule has 0 spiro atoms. The van der Waals surface area contributed by atoms with Gasteiger partial charge in [0.05, 0.1) is 11.4 Å². The molecule has 0 radical (unpaired) electrons. The van der Waals surface area contributed by atoms with Crippen molar-refractivity contribution in [3.63, 3.8) is 0 Å². The van der Waals surface area contributed by atoms with Crippen molar-refractivity contribution < 1.29 is 0 Å². The van der Waals surface area contributed by atoms with Crippen molar-refractivity contribution in [2.45, 2.75) is 27.3 Å². The fraction of sp³-hybridized carbons (Fsp3) is 0.308. The SMILES string of the molecule is Cc1nn(-c2ccc(CN)c(Br)c2)c(C)c1C. The highest BCUT2D eigenvalue weighted by Crippen LogP contribution is 2.22. The first kappa shape index (κ1) is 12.3. The summed E-state index contributed by atoms with van der Waals surface area (Å²) in [5.74, 6) is 0. The van der Waals surface area contributed by atoms with Crippen molar-refractivity contribution in [3.05, 3.63) is 45.2 Å². The van der Waals surface area contributed by atoms with Gasteiger partial charge < -0.3 is 5.73 Å². The van der Waals surface area contributed by atoms with Gasteiger partial charge in [0.1, 0.15) is 0 Å². The van der Waals surface area contributed by atoms with E-state index in [0.717, 1.165) is 21.4 Å². The van der Waals surface area contributed by atoms with E-state index in [4.69, 9.17) is 5.73 Å². The minimum atomic E-state index is 0.539. The van der Waals surface area contributed by atoms with Crippen LogP contribution in [0.2, 0.25) is 0 Å². The van der Waals surface area contributed by atoms with E-state index >= 15 is 0 Å². The summed E-state index contributed by atoms with van der Waals surface area (Å²) in [7, 11) is 0. The Labute approximate surface area is 110 Å². The third-order valence-electron chi connectivity index (χ3n) is 3.15. The predicted octanol–water partition coefficient (Wildman–Crippen LogP) is 3.02. The molecular weight excluding hydrogens is 278 g/mol. The van der Waals surface area contributed by atoms with Gasteiger partial charge in [-0.1, -0.05) is 22.0 Å². The molecule has 90 valence electrons. The highest BCUT2D eigenvalue weighted by Gasteiger charge is 2.09. The van der Waals surface area contributed by atoms with Gasteiger partial charge >= 0.3 is 0 Å². The first-order chi connectivity index (χ1) is 8.04. The van der Waals surface area contributed by atoms with E-state index in [1.54, 1.807) is 0 Å². The number of hydrogen-bond donors (Lipinski definition) is 1. The van der Waals surface area contributed by atoms with Crippen LogP contribution in [0.25, 0.3) is 5.69 Å². The van der Waals surface area contributed by atoms with Crippen molar-refractivity contribution in [2.75, 3.05) is 0 Å². The molecule has 0 atom stereocenters. The van der Waals surface area contributed by atoms with Crippen LogP contribution in [0.5, 0.6) is 0 Å². The second kappa shape index (κ2) is 4.63. The maximum Gasteiger partial charge on any atom is 0.0660 e. The van der Waals surface area contributed by atoms with Crippen molar-refractivity contribution in [2.24, 2.45) is 5.73 Å². The lowest BCUT2D eigenvalue weighted by Crippen LogP contribution is -2.02. The Bertz CT molecular complexity index is 558. The molecule has 0 aliphatic carbocycles. The van der Waals surface area contributed by atoms with E-state index in [0.29, 0.717) is 6.54 Å². The average molecular weight is 294 g/mol. The molecule has 0 saturated carbocycles. The molecule has 0 bridgehead atoms. The summed E-state index contributed by atoms with van der Waals surface area (Å²) in [5.41, 5.74) is 11.3. The number of nitrogens with two attached hydrogens (primary N) is 1. The topological polar surface area (TPSA) is 43.8 Å². The van der Waals surface area contributed by atoms with E-state index < -0.39 is 0 Å². The van der Waals surface area contributed by atoms with E-state index in [-0.39, 0.29) is 0 Å². The van der Waals surface area contributed by atoms with Crippen LogP contribution in [0.3, 0.4) is 0 Å². The van der Waals surface area contributed by atoms with Crippen LogP contribution in [-0.2, 0) is 6.54 Å². The molecule has 2 rings (SSSR count). The summed E-state index contributed by atoms with van der Waals surface area (Å²) in [6.45, 7) is 6.75. The standard InChI is InChI=1S/C13H16BrN3/c1-8-9(2)16-17(10(8)3)12-5-4-11(7-15)13(14)6-12/h4-6H,7,15H2,1-3H3. The second-order valence-corrected chi connectivity index (χ2v) is 5.04. The van der Waals surface area contributed by atoms with Gasteiger partial charge in [-0.05, 0) is 44.0 Å². The fourth-order valence-corrected chi connectivity index (χ4v) is 2.33. The molecule has 0 unspecified atom stereocenters. The van der Waals surface area contributed by atoms with E-state index in [2.05, 4.69) is 40.9 Å². The lowest BCUT2D eigenvalue weighted by molar-refractivity contribution is 0.831. The average Bonchev–Trinajstić information content (AvgIpc) is 2.57. The van der Waals surface area contributed by atoms with Crippen LogP contribution >= 0.6 is 15.9 Å². The van der Waals surface area contributed by atoms with Gasteiger partial charge in [0.2, 0.25) is 0 Å². The first-order valence-corrected chi connectivity index (χ1v) is 6.35. The molecule has 0 fully saturated rings. The van der Waals surface area contributed by atoms with Gasteiger partial charge in [0, 0.05) is 16.7 Å². The Hall–Kier alpha value is -1.13. The number of hydrogen-bond acceptors (Lipinski definition) is 2. The number of halogens is 1. The van der Waals surface area contributed by atoms with Crippen LogP contribution in [0.15, 0.2) is 22.7 Å². The summed E-state index contributed by atoms with van der Waals surface area (Å²) in [6.07, 6.45) is 0. The molecule has 0 aliphatic heterocycles. The molecule has 17 heavy (non-hydrogen) atoms. The number of rotatable bonds is 2. The van der Waals surface area contributed by atoms with Gasteiger partial charge in [-0.15, -0.1) is 0 Å². The van der Waals surface area contributed by atoms with Crippen LogP contribution in [0.1, 0.15) is 22.5 Å². The molecule has 1 aromatic carbocycles. The largest absolute Gasteiger partial charge is 0.326 e. The van der Waals surface area contributed by atoms with Gasteiger partial charge in [0.25, 0.3) is 0 Å². The van der Waals surface area contributed by atoms with E-state index in [1.807, 2.05) is 23.7 Å². The fourth-order valence-electron chi connectivity index (χ4n) is 1.81. The molecular formula is C13H16BrN3. The maximum atomic E-state index is 5.65.